The number of aryl methyl sites for hydroxylation is 1. The van der Waals surface area contributed by atoms with E-state index in [4.69, 9.17) is 0 Å². The fourth-order valence-electron chi connectivity index (χ4n) is 3.86. The second-order valence-electron chi connectivity index (χ2n) is 8.54. The highest BCUT2D eigenvalue weighted by atomic mass is 16.4. The van der Waals surface area contributed by atoms with Crippen LogP contribution in [0.25, 0.3) is 11.3 Å². The number of carbonyl (C=O) groups is 2. The smallest absolute Gasteiger partial charge is 0.305 e. The van der Waals surface area contributed by atoms with Crippen LogP contribution in [0.1, 0.15) is 49.9 Å². The summed E-state index contributed by atoms with van der Waals surface area (Å²) in [6.07, 6.45) is 3.36. The Bertz CT molecular complexity index is 1190. The van der Waals surface area contributed by atoms with Crippen LogP contribution in [0, 0.1) is 12.8 Å². The number of carboxylic acid groups (broad SMARTS) is 1. The molecular weight excluding hydrogens is 418 g/mol. The number of carboxylic acids is 1. The summed E-state index contributed by atoms with van der Waals surface area (Å²) in [5.41, 5.74) is 3.05. The van der Waals surface area contributed by atoms with Crippen LogP contribution in [0.2, 0.25) is 0 Å². The van der Waals surface area contributed by atoms with Crippen LogP contribution >= 0.6 is 0 Å². The van der Waals surface area contributed by atoms with Gasteiger partial charge in [0.2, 0.25) is 5.91 Å². The SMILES string of the molecule is Cc1ccccc1-c1cc([C@H](CC(=O)O)NC(=O)C(CC(C)C)n2ccccc2=O)ccn1. The first-order valence-electron chi connectivity index (χ1n) is 11.0. The van der Waals surface area contributed by atoms with Crippen LogP contribution in [0.4, 0.5) is 0 Å². The Labute approximate surface area is 193 Å². The Morgan fingerprint density at radius 1 is 1.09 bits per heavy atom. The Balaban J connectivity index is 1.95. The van der Waals surface area contributed by atoms with E-state index in [-0.39, 0.29) is 17.9 Å². The number of carbonyl (C=O) groups excluding carboxylic acids is 1. The minimum atomic E-state index is -1.04. The number of pyridine rings is 2. The van der Waals surface area contributed by atoms with Gasteiger partial charge in [-0.15, -0.1) is 0 Å². The molecule has 0 saturated carbocycles. The first-order chi connectivity index (χ1) is 15.8. The average Bonchev–Trinajstić information content (AvgIpc) is 2.77. The quantitative estimate of drug-likeness (QED) is 0.513. The van der Waals surface area contributed by atoms with Crippen molar-refractivity contribution in [2.24, 2.45) is 5.92 Å². The maximum absolute atomic E-state index is 13.3. The van der Waals surface area contributed by atoms with Gasteiger partial charge in [-0.25, -0.2) is 0 Å². The molecule has 0 aliphatic heterocycles. The molecule has 3 rings (SSSR count). The van der Waals surface area contributed by atoms with Crippen molar-refractivity contribution >= 4 is 11.9 Å². The molecule has 33 heavy (non-hydrogen) atoms. The molecule has 0 spiro atoms. The van der Waals surface area contributed by atoms with Crippen molar-refractivity contribution in [2.45, 2.75) is 45.7 Å². The van der Waals surface area contributed by atoms with E-state index in [1.807, 2.05) is 51.1 Å². The van der Waals surface area contributed by atoms with E-state index in [2.05, 4.69) is 10.3 Å². The van der Waals surface area contributed by atoms with Crippen LogP contribution < -0.4 is 10.9 Å². The van der Waals surface area contributed by atoms with Crippen LogP contribution in [-0.4, -0.2) is 26.5 Å². The van der Waals surface area contributed by atoms with Gasteiger partial charge in [0.15, 0.2) is 0 Å². The maximum Gasteiger partial charge on any atom is 0.305 e. The van der Waals surface area contributed by atoms with Crippen LogP contribution in [-0.2, 0) is 9.59 Å². The zero-order valence-corrected chi connectivity index (χ0v) is 19.1. The topological polar surface area (TPSA) is 101 Å². The minimum Gasteiger partial charge on any atom is -0.481 e. The van der Waals surface area contributed by atoms with Gasteiger partial charge >= 0.3 is 5.97 Å². The number of benzene rings is 1. The molecule has 0 fully saturated rings. The second-order valence-corrected chi connectivity index (χ2v) is 8.54. The number of amides is 1. The third-order valence-electron chi connectivity index (χ3n) is 5.49. The summed E-state index contributed by atoms with van der Waals surface area (Å²) in [5.74, 6) is -1.27. The van der Waals surface area contributed by atoms with Gasteiger partial charge in [0.1, 0.15) is 6.04 Å². The Kier molecular flexibility index (Phi) is 7.77. The molecule has 2 atom stereocenters. The molecule has 7 heteroatoms. The highest BCUT2D eigenvalue weighted by Crippen LogP contribution is 2.26. The number of nitrogens with zero attached hydrogens (tertiary/aromatic N) is 2. The molecule has 1 aromatic carbocycles. The first-order valence-corrected chi connectivity index (χ1v) is 11.0. The molecule has 3 aromatic rings. The van der Waals surface area contributed by atoms with E-state index < -0.39 is 24.0 Å². The molecule has 2 N–H and O–H groups in total. The molecule has 0 radical (unpaired) electrons. The van der Waals surface area contributed by atoms with E-state index in [1.165, 1.54) is 10.6 Å². The summed E-state index contributed by atoms with van der Waals surface area (Å²) >= 11 is 0. The zero-order chi connectivity index (χ0) is 24.0. The van der Waals surface area contributed by atoms with Crippen molar-refractivity contribution < 1.29 is 14.7 Å². The third-order valence-corrected chi connectivity index (χ3v) is 5.49. The molecule has 172 valence electrons. The fourth-order valence-corrected chi connectivity index (χ4v) is 3.86. The van der Waals surface area contributed by atoms with Gasteiger partial charge < -0.3 is 15.0 Å². The largest absolute Gasteiger partial charge is 0.481 e. The summed E-state index contributed by atoms with van der Waals surface area (Å²) in [7, 11) is 0. The summed E-state index contributed by atoms with van der Waals surface area (Å²) < 4.78 is 1.40. The zero-order valence-electron chi connectivity index (χ0n) is 19.1. The Hall–Kier alpha value is -3.74. The second kappa shape index (κ2) is 10.7. The summed E-state index contributed by atoms with van der Waals surface area (Å²) in [6.45, 7) is 5.93. The molecule has 0 saturated heterocycles. The molecule has 2 heterocycles. The van der Waals surface area contributed by atoms with E-state index in [0.29, 0.717) is 17.7 Å². The number of hydrogen-bond acceptors (Lipinski definition) is 4. The highest BCUT2D eigenvalue weighted by Gasteiger charge is 2.27. The maximum atomic E-state index is 13.3. The Morgan fingerprint density at radius 3 is 2.48 bits per heavy atom. The van der Waals surface area contributed by atoms with E-state index in [1.54, 1.807) is 30.6 Å². The van der Waals surface area contributed by atoms with Gasteiger partial charge in [-0.1, -0.05) is 44.2 Å². The number of rotatable bonds is 9. The average molecular weight is 448 g/mol. The normalized spacial score (nSPS) is 12.8. The van der Waals surface area contributed by atoms with Crippen LogP contribution in [0.15, 0.2) is 71.8 Å². The van der Waals surface area contributed by atoms with Crippen LogP contribution in [0.5, 0.6) is 0 Å². The fraction of sp³-hybridized carbons (Fsp3) is 0.308. The van der Waals surface area contributed by atoms with Crippen molar-refractivity contribution in [2.75, 3.05) is 0 Å². The molecule has 0 aliphatic rings. The standard InChI is InChI=1S/C26H29N3O4/c1-17(2)14-23(29-13-7-6-10-24(29)30)26(33)28-21(16-25(31)32)19-11-12-27-22(15-19)20-9-5-4-8-18(20)3/h4-13,15,17,21,23H,14,16H2,1-3H3,(H,28,33)(H,31,32)/t21-,23?/m0/s1. The molecule has 1 unspecified atom stereocenters. The summed E-state index contributed by atoms with van der Waals surface area (Å²) in [6, 6.07) is 14.5. The van der Waals surface area contributed by atoms with Gasteiger partial charge in [0.25, 0.3) is 5.56 Å². The summed E-state index contributed by atoms with van der Waals surface area (Å²) in [4.78, 5) is 41.8. The molecule has 0 aliphatic carbocycles. The molecule has 0 bridgehead atoms. The highest BCUT2D eigenvalue weighted by molar-refractivity contribution is 5.81. The lowest BCUT2D eigenvalue weighted by atomic mass is 9.98. The number of nitrogens with one attached hydrogen (secondary N) is 1. The van der Waals surface area contributed by atoms with Crippen molar-refractivity contribution in [3.63, 3.8) is 0 Å². The van der Waals surface area contributed by atoms with Crippen molar-refractivity contribution in [3.05, 3.63) is 88.5 Å². The number of hydrogen-bond donors (Lipinski definition) is 2. The lowest BCUT2D eigenvalue weighted by molar-refractivity contribution is -0.138. The van der Waals surface area contributed by atoms with Gasteiger partial charge in [-0.3, -0.25) is 19.4 Å². The lowest BCUT2D eigenvalue weighted by Gasteiger charge is -2.25. The van der Waals surface area contributed by atoms with Gasteiger partial charge in [0, 0.05) is 24.0 Å². The van der Waals surface area contributed by atoms with Gasteiger partial charge in [0.05, 0.1) is 18.2 Å². The molecule has 2 aromatic heterocycles. The van der Waals surface area contributed by atoms with E-state index >= 15 is 0 Å². The van der Waals surface area contributed by atoms with E-state index in [9.17, 15) is 19.5 Å². The predicted molar refractivity (Wildman–Crippen MR) is 127 cm³/mol. The molecular formula is C26H29N3O4. The predicted octanol–water partition coefficient (Wildman–Crippen LogP) is 4.14. The molecule has 7 nitrogen and oxygen atoms in total. The monoisotopic (exact) mass is 447 g/mol. The van der Waals surface area contributed by atoms with Gasteiger partial charge in [-0.05, 0) is 48.6 Å². The van der Waals surface area contributed by atoms with E-state index in [0.717, 1.165) is 11.1 Å². The van der Waals surface area contributed by atoms with Crippen LogP contribution in [0.3, 0.4) is 0 Å². The lowest BCUT2D eigenvalue weighted by Crippen LogP contribution is -2.39. The number of aliphatic carboxylic acids is 1. The van der Waals surface area contributed by atoms with Crippen molar-refractivity contribution in [1.29, 1.82) is 0 Å². The number of aromatic nitrogens is 2. The van der Waals surface area contributed by atoms with Gasteiger partial charge in [-0.2, -0.15) is 0 Å². The van der Waals surface area contributed by atoms with Crippen molar-refractivity contribution in [1.82, 2.24) is 14.9 Å². The third kappa shape index (κ3) is 6.16. The first kappa shape index (κ1) is 23.9. The minimum absolute atomic E-state index is 0.152. The molecule has 1 amide bonds. The summed E-state index contributed by atoms with van der Waals surface area (Å²) in [5, 5.41) is 12.4. The Morgan fingerprint density at radius 2 is 1.82 bits per heavy atom. The van der Waals surface area contributed by atoms with Crippen molar-refractivity contribution in [3.8, 4) is 11.3 Å².